The summed E-state index contributed by atoms with van der Waals surface area (Å²) < 4.78 is 0.331. The highest BCUT2D eigenvalue weighted by atomic mass is 35.5. The number of carbonyl (C=O) groups is 1. The zero-order chi connectivity index (χ0) is 13.8. The average Bonchev–Trinajstić information content (AvgIpc) is 2.78. The first-order valence-electron chi connectivity index (χ1n) is 6.58. The van der Waals surface area contributed by atoms with Crippen LogP contribution in [0, 0.1) is 10.8 Å². The van der Waals surface area contributed by atoms with Crippen LogP contribution in [-0.2, 0) is 0 Å². The molecule has 2 atom stereocenters. The van der Waals surface area contributed by atoms with E-state index in [1.165, 1.54) is 17.8 Å². The lowest BCUT2D eigenvalue weighted by Gasteiger charge is -2.39. The predicted octanol–water partition coefficient (Wildman–Crippen LogP) is 3.23. The quantitative estimate of drug-likeness (QED) is 0.800. The van der Waals surface area contributed by atoms with E-state index in [-0.39, 0.29) is 11.3 Å². The van der Waals surface area contributed by atoms with Crippen LogP contribution in [-0.4, -0.2) is 33.6 Å². The Bertz CT molecular complexity index is 530. The highest BCUT2D eigenvalue weighted by molar-refractivity contribution is 7.17. The summed E-state index contributed by atoms with van der Waals surface area (Å²) in [6, 6.07) is 0.337. The molecule has 2 bridgehead atoms. The van der Waals surface area contributed by atoms with E-state index in [2.05, 4.69) is 31.0 Å². The molecule has 0 spiro atoms. The second-order valence-electron chi connectivity index (χ2n) is 7.01. The average molecular weight is 300 g/mol. The summed E-state index contributed by atoms with van der Waals surface area (Å²) >= 11 is 6.94. The molecule has 2 aliphatic rings. The third-order valence-corrected chi connectivity index (χ3v) is 5.27. The molecule has 6 heteroatoms. The molecule has 0 aromatic carbocycles. The zero-order valence-electron chi connectivity index (χ0n) is 11.4. The smallest absolute Gasteiger partial charge is 0.285 e. The Labute approximate surface area is 122 Å². The fourth-order valence-corrected chi connectivity index (χ4v) is 4.90. The van der Waals surface area contributed by atoms with Gasteiger partial charge in [-0.1, -0.05) is 32.1 Å². The van der Waals surface area contributed by atoms with Gasteiger partial charge in [-0.25, -0.2) is 0 Å². The molecule has 2 fully saturated rings. The van der Waals surface area contributed by atoms with Gasteiger partial charge in [0.05, 0.1) is 0 Å². The number of nitrogens with zero attached hydrogens (tertiary/aromatic N) is 3. The SMILES string of the molecule is CC1(C)CC2CC(C)(CN2C(=O)c2nnc(Cl)s2)C1. The van der Waals surface area contributed by atoms with Gasteiger partial charge in [-0.2, -0.15) is 0 Å². The van der Waals surface area contributed by atoms with E-state index in [1.54, 1.807) is 0 Å². The van der Waals surface area contributed by atoms with Gasteiger partial charge < -0.3 is 4.90 Å². The summed E-state index contributed by atoms with van der Waals surface area (Å²) in [6.45, 7) is 7.72. The summed E-state index contributed by atoms with van der Waals surface area (Å²) in [5.74, 6) is -0.00387. The molecule has 19 heavy (non-hydrogen) atoms. The van der Waals surface area contributed by atoms with Crippen molar-refractivity contribution in [3.63, 3.8) is 0 Å². The number of carbonyl (C=O) groups excluding carboxylic acids is 1. The van der Waals surface area contributed by atoms with Crippen LogP contribution in [0.2, 0.25) is 4.47 Å². The van der Waals surface area contributed by atoms with Gasteiger partial charge in [0.2, 0.25) is 9.47 Å². The second-order valence-corrected chi connectivity index (χ2v) is 8.57. The van der Waals surface area contributed by atoms with E-state index in [0.717, 1.165) is 19.4 Å². The van der Waals surface area contributed by atoms with E-state index >= 15 is 0 Å². The molecule has 3 rings (SSSR count). The first-order valence-corrected chi connectivity index (χ1v) is 7.78. The number of amides is 1. The molecule has 2 unspecified atom stereocenters. The molecule has 2 heterocycles. The minimum atomic E-state index is -0.00387. The van der Waals surface area contributed by atoms with Gasteiger partial charge in [-0.05, 0) is 41.7 Å². The summed E-state index contributed by atoms with van der Waals surface area (Å²) in [7, 11) is 0. The second kappa shape index (κ2) is 4.16. The molecule has 1 aromatic heterocycles. The number of fused-ring (bicyclic) bond motifs is 2. The normalized spacial score (nSPS) is 32.6. The number of rotatable bonds is 1. The van der Waals surface area contributed by atoms with Gasteiger partial charge in [0, 0.05) is 12.6 Å². The van der Waals surface area contributed by atoms with Crippen LogP contribution < -0.4 is 0 Å². The molecule has 0 radical (unpaired) electrons. The van der Waals surface area contributed by atoms with Crippen molar-refractivity contribution < 1.29 is 4.79 Å². The van der Waals surface area contributed by atoms with Gasteiger partial charge in [0.1, 0.15) is 0 Å². The van der Waals surface area contributed by atoms with Crippen LogP contribution in [0.3, 0.4) is 0 Å². The molecule has 4 nitrogen and oxygen atoms in total. The standard InChI is InChI=1S/C13H18ClN3OS/c1-12(2)4-8-5-13(3,6-12)7-17(8)10(18)9-15-16-11(14)19-9/h8H,4-7H2,1-3H3. The van der Waals surface area contributed by atoms with E-state index in [1.807, 2.05) is 4.90 Å². The summed E-state index contributed by atoms with van der Waals surface area (Å²) in [5.41, 5.74) is 0.558. The van der Waals surface area contributed by atoms with Crippen LogP contribution >= 0.6 is 22.9 Å². The van der Waals surface area contributed by atoms with Crippen molar-refractivity contribution >= 4 is 28.8 Å². The number of hydrogen-bond donors (Lipinski definition) is 0. The highest BCUT2D eigenvalue weighted by Gasteiger charge is 2.51. The number of halogens is 1. The van der Waals surface area contributed by atoms with Gasteiger partial charge >= 0.3 is 0 Å². The maximum absolute atomic E-state index is 12.5. The van der Waals surface area contributed by atoms with Crippen molar-refractivity contribution in [2.24, 2.45) is 10.8 Å². The van der Waals surface area contributed by atoms with E-state index < -0.39 is 0 Å². The van der Waals surface area contributed by atoms with Crippen LogP contribution in [0.4, 0.5) is 0 Å². The number of likely N-dealkylation sites (tertiary alicyclic amines) is 1. The van der Waals surface area contributed by atoms with Gasteiger partial charge in [-0.15, -0.1) is 10.2 Å². The third-order valence-electron chi connectivity index (χ3n) is 4.26. The van der Waals surface area contributed by atoms with Crippen molar-refractivity contribution in [1.29, 1.82) is 0 Å². The molecule has 1 saturated heterocycles. The molecule has 1 amide bonds. The fourth-order valence-electron chi connectivity index (χ4n) is 4.11. The van der Waals surface area contributed by atoms with Crippen LogP contribution in [0.5, 0.6) is 0 Å². The first-order chi connectivity index (χ1) is 8.78. The predicted molar refractivity (Wildman–Crippen MR) is 75.5 cm³/mol. The Morgan fingerprint density at radius 2 is 2.11 bits per heavy atom. The van der Waals surface area contributed by atoms with Gasteiger partial charge in [0.25, 0.3) is 5.91 Å². The molecular weight excluding hydrogens is 282 g/mol. The van der Waals surface area contributed by atoms with Crippen molar-refractivity contribution in [3.05, 3.63) is 9.47 Å². The monoisotopic (exact) mass is 299 g/mol. The highest BCUT2D eigenvalue weighted by Crippen LogP contribution is 2.52. The molecule has 1 saturated carbocycles. The van der Waals surface area contributed by atoms with Crippen LogP contribution in [0.1, 0.15) is 49.8 Å². The first kappa shape index (κ1) is 13.3. The van der Waals surface area contributed by atoms with Crippen LogP contribution in [0.25, 0.3) is 0 Å². The van der Waals surface area contributed by atoms with Crippen molar-refractivity contribution in [3.8, 4) is 0 Å². The van der Waals surface area contributed by atoms with Gasteiger partial charge in [0.15, 0.2) is 0 Å². The lowest BCUT2D eigenvalue weighted by atomic mass is 9.65. The Morgan fingerprint density at radius 1 is 1.37 bits per heavy atom. The summed E-state index contributed by atoms with van der Waals surface area (Å²) in [5, 5.41) is 8.02. The minimum absolute atomic E-state index is 0.00387. The van der Waals surface area contributed by atoms with E-state index in [0.29, 0.717) is 20.9 Å². The lowest BCUT2D eigenvalue weighted by molar-refractivity contribution is 0.0707. The molecule has 104 valence electrons. The minimum Gasteiger partial charge on any atom is -0.333 e. The molecule has 0 N–H and O–H groups in total. The Kier molecular flexibility index (Phi) is 2.91. The third kappa shape index (κ3) is 2.38. The van der Waals surface area contributed by atoms with E-state index in [4.69, 9.17) is 11.6 Å². The molecule has 1 aliphatic carbocycles. The van der Waals surface area contributed by atoms with Crippen LogP contribution in [0.15, 0.2) is 0 Å². The van der Waals surface area contributed by atoms with Gasteiger partial charge in [-0.3, -0.25) is 4.79 Å². The van der Waals surface area contributed by atoms with Crippen molar-refractivity contribution in [2.45, 2.75) is 46.1 Å². The largest absolute Gasteiger partial charge is 0.333 e. The van der Waals surface area contributed by atoms with Crippen molar-refractivity contribution in [1.82, 2.24) is 15.1 Å². The molecule has 1 aromatic rings. The zero-order valence-corrected chi connectivity index (χ0v) is 13.0. The Balaban J connectivity index is 1.86. The fraction of sp³-hybridized carbons (Fsp3) is 0.769. The molecular formula is C13H18ClN3OS. The lowest BCUT2D eigenvalue weighted by Crippen LogP contribution is -2.37. The maximum atomic E-state index is 12.5. The van der Waals surface area contributed by atoms with Crippen molar-refractivity contribution in [2.75, 3.05) is 6.54 Å². The number of aromatic nitrogens is 2. The summed E-state index contributed by atoms with van der Waals surface area (Å²) in [4.78, 5) is 14.5. The topological polar surface area (TPSA) is 46.1 Å². The number of hydrogen-bond acceptors (Lipinski definition) is 4. The Morgan fingerprint density at radius 3 is 2.74 bits per heavy atom. The summed E-state index contributed by atoms with van der Waals surface area (Å²) in [6.07, 6.45) is 3.35. The Hall–Kier alpha value is -0.680. The maximum Gasteiger partial charge on any atom is 0.285 e. The molecule has 1 aliphatic heterocycles. The van der Waals surface area contributed by atoms with E-state index in [9.17, 15) is 4.79 Å².